The number of hydrogen-bond donors (Lipinski definition) is 3. The van der Waals surface area contributed by atoms with E-state index in [4.69, 9.17) is 4.42 Å². The number of benzene rings is 2. The number of halogens is 3. The lowest BCUT2D eigenvalue weighted by atomic mass is 9.98. The van der Waals surface area contributed by atoms with Crippen LogP contribution < -0.4 is 10.6 Å². The molecule has 0 radical (unpaired) electrons. The number of aromatic carboxylic acids is 1. The van der Waals surface area contributed by atoms with E-state index >= 15 is 0 Å². The molecular formula is C25H24F3N3O4. The number of amides is 1. The summed E-state index contributed by atoms with van der Waals surface area (Å²) in [6, 6.07) is 6.91. The van der Waals surface area contributed by atoms with Gasteiger partial charge in [-0.25, -0.2) is 4.79 Å². The maximum atomic E-state index is 14.2. The van der Waals surface area contributed by atoms with Gasteiger partial charge < -0.3 is 14.8 Å². The quantitative estimate of drug-likeness (QED) is 0.409. The van der Waals surface area contributed by atoms with Crippen molar-refractivity contribution in [1.29, 1.82) is 5.26 Å². The lowest BCUT2D eigenvalue weighted by molar-refractivity contribution is -0.161. The molecule has 0 unspecified atom stereocenters. The van der Waals surface area contributed by atoms with Gasteiger partial charge in [0.1, 0.15) is 22.7 Å². The van der Waals surface area contributed by atoms with E-state index < -0.39 is 35.7 Å². The largest absolute Gasteiger partial charge is 0.478 e. The summed E-state index contributed by atoms with van der Waals surface area (Å²) < 4.78 is 48.3. The Balaban J connectivity index is 1.69. The second-order valence-electron chi connectivity index (χ2n) is 9.38. The number of nitrogens with zero attached hydrogens (tertiary/aromatic N) is 1. The highest BCUT2D eigenvalue weighted by Gasteiger charge is 2.47. The number of carbonyl (C=O) groups is 2. The van der Waals surface area contributed by atoms with Gasteiger partial charge in [0.25, 0.3) is 0 Å². The molecule has 1 aliphatic rings. The molecule has 1 saturated carbocycles. The average Bonchev–Trinajstić information content (AvgIpc) is 3.46. The van der Waals surface area contributed by atoms with Gasteiger partial charge >= 0.3 is 12.1 Å². The molecule has 7 nitrogen and oxygen atoms in total. The number of carboxylic acids is 1. The molecule has 0 saturated heterocycles. The fourth-order valence-electron chi connectivity index (χ4n) is 4.12. The van der Waals surface area contributed by atoms with Crippen LogP contribution in [0.15, 0.2) is 40.8 Å². The Kier molecular flexibility index (Phi) is 6.23. The van der Waals surface area contributed by atoms with Crippen molar-refractivity contribution in [1.82, 2.24) is 10.6 Å². The van der Waals surface area contributed by atoms with E-state index in [1.807, 2.05) is 6.07 Å². The molecule has 0 aliphatic heterocycles. The van der Waals surface area contributed by atoms with Crippen LogP contribution in [-0.2, 0) is 4.79 Å². The fourth-order valence-corrected chi connectivity index (χ4v) is 4.12. The fraction of sp³-hybridized carbons (Fsp3) is 0.400. The van der Waals surface area contributed by atoms with Crippen molar-refractivity contribution in [2.24, 2.45) is 5.92 Å². The van der Waals surface area contributed by atoms with Gasteiger partial charge in [-0.2, -0.15) is 18.4 Å². The highest BCUT2D eigenvalue weighted by atomic mass is 19.4. The maximum Gasteiger partial charge on any atom is 0.407 e. The van der Waals surface area contributed by atoms with E-state index in [2.05, 4.69) is 10.6 Å². The molecule has 184 valence electrons. The Hall–Kier alpha value is -3.58. The molecule has 2 aromatic carbocycles. The number of furan rings is 1. The van der Waals surface area contributed by atoms with Crippen molar-refractivity contribution in [2.45, 2.75) is 56.9 Å². The molecule has 1 aromatic heterocycles. The molecule has 1 amide bonds. The van der Waals surface area contributed by atoms with E-state index in [9.17, 15) is 33.1 Å². The Bertz CT molecular complexity index is 1340. The first kappa shape index (κ1) is 24.5. The van der Waals surface area contributed by atoms with Crippen LogP contribution >= 0.6 is 0 Å². The molecule has 2 atom stereocenters. The zero-order valence-corrected chi connectivity index (χ0v) is 19.1. The van der Waals surface area contributed by atoms with E-state index in [-0.39, 0.29) is 29.0 Å². The second kappa shape index (κ2) is 8.89. The summed E-state index contributed by atoms with van der Waals surface area (Å²) in [5.74, 6) is -1.85. The van der Waals surface area contributed by atoms with Crippen molar-refractivity contribution < 1.29 is 32.3 Å². The Morgan fingerprint density at radius 3 is 2.43 bits per heavy atom. The van der Waals surface area contributed by atoms with Gasteiger partial charge in [0.05, 0.1) is 17.7 Å². The van der Waals surface area contributed by atoms with Crippen LogP contribution in [0.2, 0.25) is 0 Å². The normalized spacial score (nSPS) is 16.7. The van der Waals surface area contributed by atoms with Crippen LogP contribution in [0.1, 0.15) is 55.1 Å². The van der Waals surface area contributed by atoms with E-state index in [0.29, 0.717) is 29.2 Å². The maximum absolute atomic E-state index is 14.2. The number of rotatable bonds is 8. The molecule has 1 heterocycles. The summed E-state index contributed by atoms with van der Waals surface area (Å²) in [4.78, 5) is 24.1. The minimum atomic E-state index is -4.72. The summed E-state index contributed by atoms with van der Waals surface area (Å²) in [6.45, 7) is 3.60. The Morgan fingerprint density at radius 1 is 1.14 bits per heavy atom. The monoisotopic (exact) mass is 487 g/mol. The lowest BCUT2D eigenvalue weighted by Crippen LogP contribution is -2.52. The topological polar surface area (TPSA) is 115 Å². The first-order valence-corrected chi connectivity index (χ1v) is 11.2. The van der Waals surface area contributed by atoms with E-state index in [1.54, 1.807) is 13.8 Å². The summed E-state index contributed by atoms with van der Waals surface area (Å²) in [5.41, 5.74) is -0.591. The molecule has 0 spiro atoms. The number of hydrogen-bond acceptors (Lipinski definition) is 5. The number of carboxylic acid groups (broad SMARTS) is 1. The number of alkyl halides is 3. The molecule has 0 bridgehead atoms. The number of nitrogens with one attached hydrogen (secondary N) is 2. The summed E-state index contributed by atoms with van der Waals surface area (Å²) in [7, 11) is 0. The molecule has 1 fully saturated rings. The first-order valence-electron chi connectivity index (χ1n) is 11.2. The van der Waals surface area contributed by atoms with Gasteiger partial charge in [-0.1, -0.05) is 26.0 Å². The number of nitriles is 1. The third-order valence-corrected chi connectivity index (χ3v) is 6.12. The van der Waals surface area contributed by atoms with E-state index in [0.717, 1.165) is 0 Å². The average molecular weight is 487 g/mol. The van der Waals surface area contributed by atoms with E-state index in [1.165, 1.54) is 36.4 Å². The van der Waals surface area contributed by atoms with Gasteiger partial charge in [-0.3, -0.25) is 10.1 Å². The van der Waals surface area contributed by atoms with Crippen LogP contribution in [0.5, 0.6) is 0 Å². The third-order valence-electron chi connectivity index (χ3n) is 6.12. The van der Waals surface area contributed by atoms with Gasteiger partial charge in [0.15, 0.2) is 0 Å². The molecule has 35 heavy (non-hydrogen) atoms. The Labute approximate surface area is 198 Å². The smallest absolute Gasteiger partial charge is 0.407 e. The van der Waals surface area contributed by atoms with Gasteiger partial charge in [0, 0.05) is 10.8 Å². The SMILES string of the molecule is CC(C)C[C@H](N[C@@H](c1ccc2c(c1)oc1ccc(C(=O)O)cc12)C(F)(F)F)C(=O)NC1(C#N)CC1. The third kappa shape index (κ3) is 5.10. The summed E-state index contributed by atoms with van der Waals surface area (Å²) in [6.07, 6.45) is -3.64. The van der Waals surface area contributed by atoms with Crippen LogP contribution in [0.4, 0.5) is 13.2 Å². The van der Waals surface area contributed by atoms with Crippen molar-refractivity contribution in [3.63, 3.8) is 0 Å². The number of carbonyl (C=O) groups excluding carboxylic acids is 1. The zero-order valence-electron chi connectivity index (χ0n) is 19.1. The van der Waals surface area contributed by atoms with Crippen molar-refractivity contribution in [3.8, 4) is 6.07 Å². The van der Waals surface area contributed by atoms with Crippen LogP contribution in [-0.4, -0.2) is 34.7 Å². The van der Waals surface area contributed by atoms with Crippen LogP contribution in [0, 0.1) is 17.2 Å². The number of fused-ring (bicyclic) bond motifs is 3. The zero-order chi connectivity index (χ0) is 25.5. The second-order valence-corrected chi connectivity index (χ2v) is 9.38. The van der Waals surface area contributed by atoms with Crippen molar-refractivity contribution in [3.05, 3.63) is 47.5 Å². The standard InChI is InChI=1S/C25H24F3N3O4/c1-13(2)9-18(22(32)31-24(12-29)7-8-24)30-21(25(26,27)28)14-3-5-16-17-10-15(23(33)34)4-6-19(17)35-20(16)11-14/h3-6,10-11,13,18,21,30H,7-9H2,1-2H3,(H,31,32)(H,33,34)/t18-,21-/m0/s1. The molecule has 3 aromatic rings. The highest BCUT2D eigenvalue weighted by molar-refractivity contribution is 6.07. The predicted octanol–water partition coefficient (Wildman–Crippen LogP) is 5.06. The highest BCUT2D eigenvalue weighted by Crippen LogP contribution is 2.38. The molecule has 1 aliphatic carbocycles. The van der Waals surface area contributed by atoms with Crippen molar-refractivity contribution >= 4 is 33.8 Å². The van der Waals surface area contributed by atoms with Crippen LogP contribution in [0.3, 0.4) is 0 Å². The lowest BCUT2D eigenvalue weighted by Gasteiger charge is -2.29. The Morgan fingerprint density at radius 2 is 1.86 bits per heavy atom. The van der Waals surface area contributed by atoms with Crippen LogP contribution in [0.25, 0.3) is 21.9 Å². The summed E-state index contributed by atoms with van der Waals surface area (Å²) >= 11 is 0. The summed E-state index contributed by atoms with van der Waals surface area (Å²) in [5, 5.41) is 24.5. The van der Waals surface area contributed by atoms with Gasteiger partial charge in [-0.05, 0) is 55.0 Å². The molecule has 4 rings (SSSR count). The van der Waals surface area contributed by atoms with Gasteiger partial charge in [0.2, 0.25) is 5.91 Å². The molecule has 10 heteroatoms. The van der Waals surface area contributed by atoms with Crippen molar-refractivity contribution in [2.75, 3.05) is 0 Å². The molecule has 3 N–H and O–H groups in total. The first-order chi connectivity index (χ1) is 16.4. The molecular weight excluding hydrogens is 463 g/mol. The minimum absolute atomic E-state index is 0.0347. The minimum Gasteiger partial charge on any atom is -0.478 e. The van der Waals surface area contributed by atoms with Gasteiger partial charge in [-0.15, -0.1) is 0 Å². The predicted molar refractivity (Wildman–Crippen MR) is 122 cm³/mol.